The molecule has 0 atom stereocenters. The van der Waals surface area contributed by atoms with Gasteiger partial charge in [-0.05, 0) is 104 Å². The van der Waals surface area contributed by atoms with Crippen molar-refractivity contribution in [1.82, 2.24) is 34.2 Å². The van der Waals surface area contributed by atoms with E-state index in [9.17, 15) is 70.3 Å². The van der Waals surface area contributed by atoms with Gasteiger partial charge in [-0.1, -0.05) is 234 Å². The summed E-state index contributed by atoms with van der Waals surface area (Å²) in [4.78, 5) is 69.4. The first-order valence-corrected chi connectivity index (χ1v) is 39.9. The molecule has 4 heterocycles. The molecule has 0 spiro atoms. The molecule has 670 valence electrons. The zero-order valence-corrected chi connectivity index (χ0v) is 76.9. The van der Waals surface area contributed by atoms with Crippen LogP contribution in [-0.4, -0.2) is 120 Å². The third-order valence-electron chi connectivity index (χ3n) is 17.8. The second-order valence-corrected chi connectivity index (χ2v) is 31.7. The number of alkyl halides is 9. The second kappa shape index (κ2) is 54.1. The number of benzene rings is 5. The number of nitrogens with zero attached hydrogens (tertiary/aromatic N) is 7. The first-order chi connectivity index (χ1) is 54.1. The van der Waals surface area contributed by atoms with E-state index in [0.717, 1.165) is 20.0 Å². The molecule has 17 nitrogen and oxygen atoms in total. The van der Waals surface area contributed by atoms with Crippen molar-refractivity contribution in [2.45, 2.75) is 203 Å². The first-order valence-electron chi connectivity index (χ1n) is 37.3. The maximum absolute atomic E-state index is 14.0. The number of carboxylic acid groups (broad SMARTS) is 1. The van der Waals surface area contributed by atoms with Crippen LogP contribution in [-0.2, 0) is 42.5 Å². The zero-order valence-electron chi connectivity index (χ0n) is 71.1. The number of hydrogen-bond acceptors (Lipinski definition) is 16. The largest absolute Gasteiger partial charge is 1.00 e. The molecule has 1 saturated heterocycles. The summed E-state index contributed by atoms with van der Waals surface area (Å²) >= 11 is 7.12. The minimum Gasteiger partial charge on any atom is -0.870 e. The van der Waals surface area contributed by atoms with Crippen LogP contribution >= 0.6 is 54.8 Å². The Morgan fingerprint density at radius 2 is 0.802 bits per heavy atom. The first kappa shape index (κ1) is 118. The predicted octanol–water partition coefficient (Wildman–Crippen LogP) is 23.1. The minimum atomic E-state index is -4.93. The van der Waals surface area contributed by atoms with Crippen molar-refractivity contribution in [3.05, 3.63) is 216 Å². The minimum absolute atomic E-state index is 0. The van der Waals surface area contributed by atoms with E-state index >= 15 is 0 Å². The number of aromatic nitrogens is 6. The Morgan fingerprint density at radius 1 is 0.521 bits per heavy atom. The Labute approximate surface area is 754 Å². The van der Waals surface area contributed by atoms with Gasteiger partial charge in [0.05, 0.1) is 66.7 Å². The summed E-state index contributed by atoms with van der Waals surface area (Å²) in [5.41, 5.74) is 3.85. The van der Waals surface area contributed by atoms with Crippen LogP contribution in [0.1, 0.15) is 229 Å². The van der Waals surface area contributed by atoms with Gasteiger partial charge in [0.2, 0.25) is 5.28 Å². The number of ketones is 1. The monoisotopic (exact) mass is 1890 g/mol. The third-order valence-corrected chi connectivity index (χ3v) is 20.1. The molecule has 1 fully saturated rings. The Kier molecular flexibility index (Phi) is 52.8. The van der Waals surface area contributed by atoms with E-state index in [-0.39, 0.29) is 122 Å². The quantitative estimate of drug-likeness (QED) is 0.0231. The Morgan fingerprint density at radius 3 is 1.06 bits per heavy atom. The van der Waals surface area contributed by atoms with E-state index in [1.165, 1.54) is 148 Å². The molecule has 0 saturated carbocycles. The van der Waals surface area contributed by atoms with E-state index in [0.29, 0.717) is 61.9 Å². The fourth-order valence-electron chi connectivity index (χ4n) is 9.67. The van der Waals surface area contributed by atoms with Crippen molar-refractivity contribution in [2.75, 3.05) is 33.5 Å². The van der Waals surface area contributed by atoms with Crippen molar-refractivity contribution in [2.24, 2.45) is 29.6 Å². The molecule has 1 aliphatic rings. The van der Waals surface area contributed by atoms with Crippen molar-refractivity contribution >= 4 is 91.1 Å². The summed E-state index contributed by atoms with van der Waals surface area (Å²) < 4.78 is 185. The van der Waals surface area contributed by atoms with Gasteiger partial charge in [0.15, 0.2) is 17.4 Å². The number of carbonyl (C=O) groups excluding carboxylic acids is 3. The summed E-state index contributed by atoms with van der Waals surface area (Å²) in [6, 6.07) is 31.5. The molecular weight excluding hydrogens is 1780 g/mol. The van der Waals surface area contributed by atoms with Crippen molar-refractivity contribution in [3.8, 4) is 22.8 Å². The van der Waals surface area contributed by atoms with Crippen molar-refractivity contribution in [3.63, 3.8) is 0 Å². The molecule has 1 aliphatic heterocycles. The van der Waals surface area contributed by atoms with Crippen LogP contribution in [0.3, 0.4) is 0 Å². The molecule has 0 aliphatic carbocycles. The number of hydrogen-bond donors (Lipinski definition) is 1. The van der Waals surface area contributed by atoms with Gasteiger partial charge in [-0.15, -0.1) is 11.7 Å². The standard InChI is InChI=1S/C18H20F2N2O2.C16H23BF2O2.C16H16F2N2O2.C10H11BrF2.C10H11BrO.C8H9ClN2O2.C4H10F3NS.CH3F.3CH4.Na.H2O/c1-5-24-17(23)15-10-21-16(22-12(15)4)13-6-8-14(9-7-13)18(19,20)11(2)3;1-11(2)16(18,19)12-7-9-13(10-8-12)17-20-14(3,4)15(5,6)21-17;1-9(2)16(17,18)12-6-4-11(5-7-12)14-19-8-13(15(21)22)10(3)20-14;1-7(2)10(12,13)8-3-5-9(11)6-4-8;1-7(2)10(12)8-3-5-9(11)6-4-8;1-3-13-7(12)6-4-10-8(9)11-5(6)2;1-3-8(4-2)9(5,6)7;1-2;;;;;/h6-11H,5H2,1-4H3;7-11H,1-6H3;4-9H,1-3H3,(H,21,22);3-7H,1-2H3;3-7H,1-2H3;4H,3H2,1-2H3;3-4H2,1-2H3;1H3;3*1H4;;1H2/q;;;;;;;;;;;+1;/p-1/i;;;;;;;1D;;;;;. The number of carboxylic acids is 1. The third kappa shape index (κ3) is 35.9. The van der Waals surface area contributed by atoms with E-state index in [1.807, 2.05) is 65.8 Å². The molecule has 121 heavy (non-hydrogen) atoms. The second-order valence-electron chi connectivity index (χ2n) is 28.3. The van der Waals surface area contributed by atoms with Gasteiger partial charge >= 0.3 is 54.6 Å². The van der Waals surface area contributed by atoms with E-state index in [2.05, 4.69) is 61.8 Å². The topological polar surface area (TPSA) is 236 Å². The smallest absolute Gasteiger partial charge is 0.870 e. The van der Waals surface area contributed by atoms with Crippen LogP contribution in [0.5, 0.6) is 0 Å². The predicted molar refractivity (Wildman–Crippen MR) is 463 cm³/mol. The van der Waals surface area contributed by atoms with Crippen molar-refractivity contribution in [1.29, 1.82) is 0 Å². The molecule has 5 aromatic carbocycles. The average Bonchev–Trinajstić information content (AvgIpc) is 1.62. The number of aromatic carboxylic acids is 1. The summed E-state index contributed by atoms with van der Waals surface area (Å²) in [6.45, 7) is 35.8. The number of rotatable bonds is 21. The summed E-state index contributed by atoms with van der Waals surface area (Å²) in [6.07, 6.45) is 3.98. The maximum Gasteiger partial charge on any atom is 1.00 e. The molecular formula is C86H116BBr2ClF12N7NaO10S. The SMILES string of the molecule is C.C.C.CC(C)C(=O)c1ccc(Br)cc1.CC(C)C(F)(F)c1ccc(B2OC(C)(C)C(C)(C)O2)cc1.CC(C)C(F)(F)c1ccc(Br)cc1.CCN(CC)S(F)(F)F.CCOC(=O)c1cnc(-c2ccc(C(F)(F)C(C)C)cc2)nc1C.CCOC(=O)c1cnc(Cl)nc1C.Cc1nc(-c2ccc(C(F)(F)C(C)C)cc2)ncc1C(=O)O.[2H]CF.[Na+].[OH-]. The van der Waals surface area contributed by atoms with E-state index < -0.39 is 102 Å². The molecule has 9 rings (SSSR count). The van der Waals surface area contributed by atoms with Gasteiger partial charge in [-0.25, -0.2) is 79.4 Å². The fourth-order valence-corrected chi connectivity index (χ4v) is 11.0. The van der Waals surface area contributed by atoms with Crippen LogP contribution in [0.4, 0.5) is 51.2 Å². The number of Topliss-reactive ketones (excluding diaryl/α,β-unsaturated/α-hetero) is 1. The molecule has 0 bridgehead atoms. The zero-order chi connectivity index (χ0) is 89.7. The number of esters is 2. The van der Waals surface area contributed by atoms with Gasteiger partial charge in [0, 0.05) is 109 Å². The van der Waals surface area contributed by atoms with Crippen LogP contribution in [0.15, 0.2) is 149 Å². The summed E-state index contributed by atoms with van der Waals surface area (Å²) in [7, 11) is -1.52. The maximum atomic E-state index is 14.0. The average molecular weight is 1900 g/mol. The van der Waals surface area contributed by atoms with Crippen LogP contribution in [0, 0.1) is 50.4 Å². The van der Waals surface area contributed by atoms with E-state index in [4.69, 9.17) is 36.9 Å². The number of carbonyl (C=O) groups is 4. The van der Waals surface area contributed by atoms with Gasteiger partial charge in [-0.3, -0.25) is 9.18 Å². The molecule has 0 unspecified atom stereocenters. The summed E-state index contributed by atoms with van der Waals surface area (Å²) in [5.74, 6) is -15.4. The van der Waals surface area contributed by atoms with Gasteiger partial charge in [0.25, 0.3) is 35.1 Å². The van der Waals surface area contributed by atoms with Crippen LogP contribution in [0.2, 0.25) is 5.28 Å². The molecule has 8 aromatic rings. The van der Waals surface area contributed by atoms with E-state index in [1.54, 1.807) is 71.0 Å². The molecule has 0 amide bonds. The van der Waals surface area contributed by atoms with Gasteiger partial charge in [0.1, 0.15) is 0 Å². The van der Waals surface area contributed by atoms with Gasteiger partial charge < -0.3 is 29.4 Å². The molecule has 2 N–H and O–H groups in total. The van der Waals surface area contributed by atoms with Crippen LogP contribution in [0.25, 0.3) is 22.8 Å². The Balaban J connectivity index is -0.000000672. The summed E-state index contributed by atoms with van der Waals surface area (Å²) in [5, 5.41) is 9.07. The normalized spacial score (nSPS) is 12.7. The Bertz CT molecular complexity index is 4430. The molecule has 35 heteroatoms. The van der Waals surface area contributed by atoms with Crippen molar-refractivity contribution < 1.29 is 131 Å². The number of halogens is 15. The van der Waals surface area contributed by atoms with Gasteiger partial charge in [-0.2, -0.15) is 4.31 Å². The molecule has 0 radical (unpaired) electrons. The number of ether oxygens (including phenoxy) is 2. The van der Waals surface area contributed by atoms with Crippen LogP contribution < -0.4 is 35.0 Å². The molecule has 3 aromatic heterocycles. The number of aryl methyl sites for hydroxylation is 3. The fraction of sp³-hybridized carbons (Fsp3) is 0.465. The Hall–Kier alpha value is -6.92.